The second kappa shape index (κ2) is 4.69. The molecule has 5 heteroatoms. The van der Waals surface area contributed by atoms with Gasteiger partial charge in [0.15, 0.2) is 0 Å². The summed E-state index contributed by atoms with van der Waals surface area (Å²) in [5.41, 5.74) is 0.835. The molecule has 0 aliphatic heterocycles. The molecule has 82 valence electrons. The van der Waals surface area contributed by atoms with Crippen molar-refractivity contribution in [3.63, 3.8) is 0 Å². The maximum atomic E-state index is 11.4. The van der Waals surface area contributed by atoms with E-state index in [1.165, 1.54) is 20.3 Å². The number of benzene rings is 1. The van der Waals surface area contributed by atoms with Crippen LogP contribution in [0.5, 0.6) is 11.5 Å². The predicted octanol–water partition coefficient (Wildman–Crippen LogP) is 2.10. The van der Waals surface area contributed by atoms with Crippen molar-refractivity contribution >= 4 is 28.6 Å². The van der Waals surface area contributed by atoms with Crippen LogP contribution in [0.3, 0.4) is 0 Å². The molecule has 0 saturated carbocycles. The second-order valence-corrected chi connectivity index (χ2v) is 3.98. The minimum absolute atomic E-state index is 0.128. The minimum Gasteiger partial charge on any atom is -0.507 e. The monoisotopic (exact) mass is 322 g/mol. The number of carbonyl (C=O) groups excluding carboxylic acids is 1. The Morgan fingerprint density at radius 1 is 1.47 bits per heavy atom. The molecule has 0 aliphatic carbocycles. The van der Waals surface area contributed by atoms with Crippen molar-refractivity contribution in [3.8, 4) is 11.5 Å². The Labute approximate surface area is 101 Å². The van der Waals surface area contributed by atoms with Gasteiger partial charge in [0, 0.05) is 6.07 Å². The van der Waals surface area contributed by atoms with Gasteiger partial charge in [-0.1, -0.05) is 0 Å². The van der Waals surface area contributed by atoms with Gasteiger partial charge in [0.2, 0.25) is 0 Å². The normalized spacial score (nSPS) is 9.87. The van der Waals surface area contributed by atoms with Crippen molar-refractivity contribution in [3.05, 3.63) is 20.8 Å². The summed E-state index contributed by atoms with van der Waals surface area (Å²) in [7, 11) is 2.78. The van der Waals surface area contributed by atoms with Crippen LogP contribution in [0, 0.1) is 10.5 Å². The van der Waals surface area contributed by atoms with Crippen LogP contribution >= 0.6 is 22.6 Å². The number of carbonyl (C=O) groups is 1. The van der Waals surface area contributed by atoms with Gasteiger partial charge in [0.1, 0.15) is 17.1 Å². The molecule has 1 aromatic carbocycles. The average molecular weight is 322 g/mol. The van der Waals surface area contributed by atoms with Crippen LogP contribution in [-0.2, 0) is 4.74 Å². The molecule has 0 radical (unpaired) electrons. The van der Waals surface area contributed by atoms with Gasteiger partial charge in [0.05, 0.1) is 17.8 Å². The molecular weight excluding hydrogens is 311 g/mol. The lowest BCUT2D eigenvalue weighted by atomic mass is 10.1. The molecular formula is C10H11IO4. The number of esters is 1. The minimum atomic E-state index is -0.550. The molecule has 1 aromatic rings. The molecule has 15 heavy (non-hydrogen) atoms. The van der Waals surface area contributed by atoms with Gasteiger partial charge in [-0.05, 0) is 35.1 Å². The number of phenols is 1. The fourth-order valence-corrected chi connectivity index (χ4v) is 1.90. The van der Waals surface area contributed by atoms with Crippen LogP contribution in [0.15, 0.2) is 6.07 Å². The van der Waals surface area contributed by atoms with E-state index in [-0.39, 0.29) is 11.3 Å². The van der Waals surface area contributed by atoms with Crippen molar-refractivity contribution in [1.29, 1.82) is 0 Å². The third-order valence-electron chi connectivity index (χ3n) is 2.05. The Hall–Kier alpha value is -0.980. The number of rotatable bonds is 2. The van der Waals surface area contributed by atoms with Crippen LogP contribution < -0.4 is 4.74 Å². The molecule has 0 spiro atoms. The number of hydrogen-bond acceptors (Lipinski definition) is 4. The zero-order valence-electron chi connectivity index (χ0n) is 8.63. The predicted molar refractivity (Wildman–Crippen MR) is 63.5 cm³/mol. The number of aromatic hydroxyl groups is 1. The molecule has 0 amide bonds. The molecule has 0 saturated heterocycles. The molecule has 0 fully saturated rings. The van der Waals surface area contributed by atoms with Crippen LogP contribution in [-0.4, -0.2) is 25.3 Å². The third kappa shape index (κ3) is 2.17. The van der Waals surface area contributed by atoms with Gasteiger partial charge in [0.25, 0.3) is 0 Å². The molecule has 0 atom stereocenters. The van der Waals surface area contributed by atoms with E-state index in [9.17, 15) is 9.90 Å². The lowest BCUT2D eigenvalue weighted by Gasteiger charge is -2.11. The number of phenolic OH excluding ortho intramolecular Hbond substituents is 1. The van der Waals surface area contributed by atoms with E-state index in [2.05, 4.69) is 27.3 Å². The number of hydrogen-bond donors (Lipinski definition) is 1. The average Bonchev–Trinajstić information content (AvgIpc) is 2.23. The summed E-state index contributed by atoms with van der Waals surface area (Å²) >= 11 is 2.05. The summed E-state index contributed by atoms with van der Waals surface area (Å²) in [5.74, 6) is -0.138. The van der Waals surface area contributed by atoms with E-state index in [0.717, 1.165) is 3.57 Å². The Morgan fingerprint density at radius 2 is 2.07 bits per heavy atom. The summed E-state index contributed by atoms with van der Waals surface area (Å²) in [6.07, 6.45) is 0. The van der Waals surface area contributed by atoms with E-state index in [1.807, 2.05) is 0 Å². The Balaban J connectivity index is 3.42. The second-order valence-electron chi connectivity index (χ2n) is 2.90. The van der Waals surface area contributed by atoms with Gasteiger partial charge in [-0.15, -0.1) is 0 Å². The van der Waals surface area contributed by atoms with Crippen molar-refractivity contribution in [2.24, 2.45) is 0 Å². The van der Waals surface area contributed by atoms with E-state index in [1.54, 1.807) is 6.92 Å². The SMILES string of the molecule is COC(=O)c1c(O)cc(OC)c(I)c1C. The Bertz CT molecular complexity index is 401. The molecule has 0 aromatic heterocycles. The first kappa shape index (κ1) is 12.1. The zero-order chi connectivity index (χ0) is 11.6. The molecule has 1 N–H and O–H groups in total. The fraction of sp³-hybridized carbons (Fsp3) is 0.300. The molecule has 4 nitrogen and oxygen atoms in total. The summed E-state index contributed by atoms with van der Waals surface area (Å²) < 4.78 is 10.4. The fourth-order valence-electron chi connectivity index (χ4n) is 1.25. The summed E-state index contributed by atoms with van der Waals surface area (Å²) in [6, 6.07) is 1.40. The first-order chi connectivity index (χ1) is 7.02. The molecule has 0 heterocycles. The lowest BCUT2D eigenvalue weighted by Crippen LogP contribution is -2.06. The summed E-state index contributed by atoms with van der Waals surface area (Å²) in [5, 5.41) is 9.65. The molecule has 0 unspecified atom stereocenters. The van der Waals surface area contributed by atoms with E-state index in [0.29, 0.717) is 11.3 Å². The van der Waals surface area contributed by atoms with Gasteiger partial charge in [-0.3, -0.25) is 0 Å². The summed E-state index contributed by atoms with van der Waals surface area (Å²) in [4.78, 5) is 11.4. The lowest BCUT2D eigenvalue weighted by molar-refractivity contribution is 0.0596. The molecule has 0 aliphatic rings. The van der Waals surface area contributed by atoms with Gasteiger partial charge in [-0.2, -0.15) is 0 Å². The van der Waals surface area contributed by atoms with E-state index in [4.69, 9.17) is 4.74 Å². The molecule has 1 rings (SSSR count). The number of methoxy groups -OCH3 is 2. The quantitative estimate of drug-likeness (QED) is 0.669. The number of ether oxygens (including phenoxy) is 2. The highest BCUT2D eigenvalue weighted by Gasteiger charge is 2.19. The first-order valence-corrected chi connectivity index (χ1v) is 5.25. The van der Waals surface area contributed by atoms with Crippen molar-refractivity contribution in [2.75, 3.05) is 14.2 Å². The first-order valence-electron chi connectivity index (χ1n) is 4.17. The third-order valence-corrected chi connectivity index (χ3v) is 3.39. The maximum absolute atomic E-state index is 11.4. The largest absolute Gasteiger partial charge is 0.507 e. The standard InChI is InChI=1S/C10H11IO4/c1-5-8(10(13)15-3)6(12)4-7(14-2)9(5)11/h4,12H,1-3H3. The van der Waals surface area contributed by atoms with Crippen LogP contribution in [0.2, 0.25) is 0 Å². The Morgan fingerprint density at radius 3 is 2.53 bits per heavy atom. The van der Waals surface area contributed by atoms with Crippen molar-refractivity contribution < 1.29 is 19.4 Å². The number of halogens is 1. The summed E-state index contributed by atoms with van der Waals surface area (Å²) in [6.45, 7) is 1.73. The highest BCUT2D eigenvalue weighted by Crippen LogP contribution is 2.33. The highest BCUT2D eigenvalue weighted by atomic mass is 127. The van der Waals surface area contributed by atoms with Crippen molar-refractivity contribution in [1.82, 2.24) is 0 Å². The zero-order valence-corrected chi connectivity index (χ0v) is 10.8. The maximum Gasteiger partial charge on any atom is 0.341 e. The van der Waals surface area contributed by atoms with Crippen molar-refractivity contribution in [2.45, 2.75) is 6.92 Å². The van der Waals surface area contributed by atoms with Crippen LogP contribution in [0.25, 0.3) is 0 Å². The van der Waals surface area contributed by atoms with Gasteiger partial charge in [-0.25, -0.2) is 4.79 Å². The smallest absolute Gasteiger partial charge is 0.341 e. The Kier molecular flexibility index (Phi) is 3.78. The highest BCUT2D eigenvalue weighted by molar-refractivity contribution is 14.1. The van der Waals surface area contributed by atoms with Crippen LogP contribution in [0.1, 0.15) is 15.9 Å². The van der Waals surface area contributed by atoms with Gasteiger partial charge >= 0.3 is 5.97 Å². The topological polar surface area (TPSA) is 55.8 Å². The van der Waals surface area contributed by atoms with Crippen LogP contribution in [0.4, 0.5) is 0 Å². The molecule has 0 bridgehead atoms. The van der Waals surface area contributed by atoms with E-state index < -0.39 is 5.97 Å². The van der Waals surface area contributed by atoms with E-state index >= 15 is 0 Å². The van der Waals surface area contributed by atoms with Gasteiger partial charge < -0.3 is 14.6 Å².